The molecule has 4 atom stereocenters. The van der Waals surface area contributed by atoms with Crippen LogP contribution in [0.2, 0.25) is 0 Å². The number of imidazole rings is 1. The predicted molar refractivity (Wildman–Crippen MR) is 96.5 cm³/mol. The Kier molecular flexibility index (Phi) is 4.58. The van der Waals surface area contributed by atoms with Crippen molar-refractivity contribution in [3.8, 4) is 0 Å². The van der Waals surface area contributed by atoms with Gasteiger partial charge in [0.15, 0.2) is 17.4 Å². The summed E-state index contributed by atoms with van der Waals surface area (Å²) in [5.41, 5.74) is 0.807. The Morgan fingerprint density at radius 2 is 1.96 bits per heavy atom. The highest BCUT2D eigenvalue weighted by atomic mass is 16.6. The molecule has 4 rings (SSSR count). The van der Waals surface area contributed by atoms with E-state index in [-0.39, 0.29) is 11.2 Å². The lowest BCUT2D eigenvalue weighted by Crippen LogP contribution is -2.33. The van der Waals surface area contributed by atoms with Crippen LogP contribution in [0.3, 0.4) is 0 Å². The van der Waals surface area contributed by atoms with Crippen molar-refractivity contribution in [3.05, 3.63) is 58.4 Å². The van der Waals surface area contributed by atoms with Gasteiger partial charge in [-0.2, -0.15) is 0 Å². The molecule has 1 aliphatic rings. The van der Waals surface area contributed by atoms with Gasteiger partial charge in [0.2, 0.25) is 0 Å². The molecule has 140 valence electrons. The first kappa shape index (κ1) is 17.6. The molecule has 1 aromatic carbocycles. The van der Waals surface area contributed by atoms with E-state index in [0.717, 1.165) is 5.56 Å². The van der Waals surface area contributed by atoms with Gasteiger partial charge >= 0.3 is 0 Å². The molecule has 0 saturated carbocycles. The van der Waals surface area contributed by atoms with Crippen LogP contribution < -0.4 is 5.56 Å². The number of H-pyrrole nitrogens is 1. The summed E-state index contributed by atoms with van der Waals surface area (Å²) in [5, 5.41) is 29.4. The second-order valence-electron chi connectivity index (χ2n) is 6.25. The SMILES string of the molecule is O=c1[nH]c(C=Cc2ccccc2)nc2c1ncn2C1OC(CO)C(O)C1O. The number of benzene rings is 1. The van der Waals surface area contributed by atoms with Gasteiger partial charge in [-0.3, -0.25) is 9.36 Å². The molecule has 9 heteroatoms. The standard InChI is InChI=1S/C18H18N4O5/c23-8-11-14(24)15(25)18(27-11)22-9-19-13-16(22)20-12(21-17(13)26)7-6-10-4-2-1-3-5-10/h1-7,9,11,14-15,18,23-25H,8H2,(H,20,21,26). The topological polar surface area (TPSA) is 133 Å². The lowest BCUT2D eigenvalue weighted by atomic mass is 10.1. The largest absolute Gasteiger partial charge is 0.394 e. The Labute approximate surface area is 153 Å². The second-order valence-corrected chi connectivity index (χ2v) is 6.25. The van der Waals surface area contributed by atoms with Gasteiger partial charge in [-0.05, 0) is 11.6 Å². The Morgan fingerprint density at radius 1 is 1.19 bits per heavy atom. The Hall–Kier alpha value is -2.85. The molecule has 0 spiro atoms. The number of aliphatic hydroxyl groups excluding tert-OH is 3. The molecule has 4 N–H and O–H groups in total. The first-order valence-electron chi connectivity index (χ1n) is 8.41. The smallest absolute Gasteiger partial charge is 0.279 e. The monoisotopic (exact) mass is 370 g/mol. The molecule has 1 aliphatic heterocycles. The number of rotatable bonds is 4. The van der Waals surface area contributed by atoms with Gasteiger partial charge in [-0.25, -0.2) is 9.97 Å². The fourth-order valence-corrected chi connectivity index (χ4v) is 3.06. The van der Waals surface area contributed by atoms with Crippen molar-refractivity contribution in [2.24, 2.45) is 0 Å². The average Bonchev–Trinajstić information content (AvgIpc) is 3.23. The summed E-state index contributed by atoms with van der Waals surface area (Å²) in [6.07, 6.45) is 0.296. The van der Waals surface area contributed by atoms with Gasteiger partial charge < -0.3 is 25.0 Å². The van der Waals surface area contributed by atoms with Gasteiger partial charge in [0.05, 0.1) is 12.9 Å². The minimum atomic E-state index is -1.29. The average molecular weight is 370 g/mol. The maximum Gasteiger partial charge on any atom is 0.279 e. The normalized spacial score (nSPS) is 25.6. The molecule has 3 heterocycles. The number of ether oxygens (including phenoxy) is 1. The molecular formula is C18H18N4O5. The van der Waals surface area contributed by atoms with E-state index in [1.54, 1.807) is 12.2 Å². The first-order chi connectivity index (χ1) is 13.1. The van der Waals surface area contributed by atoms with E-state index < -0.39 is 36.7 Å². The number of nitrogens with zero attached hydrogens (tertiary/aromatic N) is 3. The maximum absolute atomic E-state index is 12.3. The summed E-state index contributed by atoms with van der Waals surface area (Å²) >= 11 is 0. The number of aromatic nitrogens is 4. The summed E-state index contributed by atoms with van der Waals surface area (Å²) in [6.45, 7) is -0.444. The van der Waals surface area contributed by atoms with Crippen LogP contribution in [-0.4, -0.2) is 59.8 Å². The van der Waals surface area contributed by atoms with Crippen LogP contribution in [0.15, 0.2) is 41.5 Å². The van der Waals surface area contributed by atoms with Crippen molar-refractivity contribution in [1.29, 1.82) is 0 Å². The van der Waals surface area contributed by atoms with E-state index in [4.69, 9.17) is 4.74 Å². The number of hydrogen-bond acceptors (Lipinski definition) is 7. The molecule has 0 radical (unpaired) electrons. The zero-order valence-electron chi connectivity index (χ0n) is 14.1. The Bertz CT molecular complexity index is 1030. The van der Waals surface area contributed by atoms with E-state index in [2.05, 4.69) is 15.0 Å². The van der Waals surface area contributed by atoms with Crippen molar-refractivity contribution in [2.45, 2.75) is 24.5 Å². The lowest BCUT2D eigenvalue weighted by Gasteiger charge is -2.16. The zero-order chi connectivity index (χ0) is 19.0. The van der Waals surface area contributed by atoms with Crippen LogP contribution in [0.1, 0.15) is 17.6 Å². The van der Waals surface area contributed by atoms with Crippen molar-refractivity contribution < 1.29 is 20.1 Å². The third-order valence-electron chi connectivity index (χ3n) is 4.48. The van der Waals surface area contributed by atoms with E-state index in [1.165, 1.54) is 10.9 Å². The Balaban J connectivity index is 1.73. The van der Waals surface area contributed by atoms with Crippen molar-refractivity contribution >= 4 is 23.3 Å². The first-order valence-corrected chi connectivity index (χ1v) is 8.41. The lowest BCUT2D eigenvalue weighted by molar-refractivity contribution is -0.0511. The van der Waals surface area contributed by atoms with E-state index in [1.807, 2.05) is 30.3 Å². The van der Waals surface area contributed by atoms with E-state index in [9.17, 15) is 20.1 Å². The molecule has 3 aromatic rings. The third kappa shape index (κ3) is 3.17. The van der Waals surface area contributed by atoms with Gasteiger partial charge in [0.25, 0.3) is 5.56 Å². The van der Waals surface area contributed by atoms with Gasteiger partial charge in [0, 0.05) is 0 Å². The third-order valence-corrected chi connectivity index (χ3v) is 4.48. The highest BCUT2D eigenvalue weighted by Gasteiger charge is 2.44. The molecule has 2 aromatic heterocycles. The van der Waals surface area contributed by atoms with Crippen LogP contribution in [0.5, 0.6) is 0 Å². The summed E-state index contributed by atoms with van der Waals surface area (Å²) in [4.78, 5) is 23.4. The molecule has 4 unspecified atom stereocenters. The van der Waals surface area contributed by atoms with E-state index in [0.29, 0.717) is 5.82 Å². The number of nitrogens with one attached hydrogen (secondary N) is 1. The zero-order valence-corrected chi connectivity index (χ0v) is 14.1. The Morgan fingerprint density at radius 3 is 2.67 bits per heavy atom. The second kappa shape index (κ2) is 7.05. The molecule has 27 heavy (non-hydrogen) atoms. The van der Waals surface area contributed by atoms with Gasteiger partial charge in [0.1, 0.15) is 24.1 Å². The van der Waals surface area contributed by atoms with Crippen molar-refractivity contribution in [3.63, 3.8) is 0 Å². The molecule has 0 bridgehead atoms. The van der Waals surface area contributed by atoms with Crippen molar-refractivity contribution in [1.82, 2.24) is 19.5 Å². The minimum absolute atomic E-state index is 0.0876. The number of fused-ring (bicyclic) bond motifs is 1. The fourth-order valence-electron chi connectivity index (χ4n) is 3.06. The maximum atomic E-state index is 12.3. The molecule has 1 saturated heterocycles. The van der Waals surface area contributed by atoms with Crippen LogP contribution >= 0.6 is 0 Å². The molecule has 1 fully saturated rings. The van der Waals surface area contributed by atoms with Crippen LogP contribution in [0.4, 0.5) is 0 Å². The number of hydrogen-bond donors (Lipinski definition) is 4. The van der Waals surface area contributed by atoms with Crippen LogP contribution in [0.25, 0.3) is 23.3 Å². The predicted octanol–water partition coefficient (Wildman–Crippen LogP) is -0.0985. The molecular weight excluding hydrogens is 352 g/mol. The van der Waals surface area contributed by atoms with Crippen molar-refractivity contribution in [2.75, 3.05) is 6.61 Å². The van der Waals surface area contributed by atoms with E-state index >= 15 is 0 Å². The summed E-state index contributed by atoms with van der Waals surface area (Å²) < 4.78 is 6.88. The van der Waals surface area contributed by atoms with Gasteiger partial charge in [-0.15, -0.1) is 0 Å². The highest BCUT2D eigenvalue weighted by molar-refractivity contribution is 5.73. The minimum Gasteiger partial charge on any atom is -0.394 e. The number of aliphatic hydroxyl groups is 3. The highest BCUT2D eigenvalue weighted by Crippen LogP contribution is 2.30. The van der Waals surface area contributed by atoms with Crippen LogP contribution in [-0.2, 0) is 4.74 Å². The fraction of sp³-hybridized carbons (Fsp3) is 0.278. The molecule has 0 aliphatic carbocycles. The summed E-state index contributed by atoms with van der Waals surface area (Å²) in [7, 11) is 0. The summed E-state index contributed by atoms with van der Waals surface area (Å²) in [5.74, 6) is 0.310. The quantitative estimate of drug-likeness (QED) is 0.504. The summed E-state index contributed by atoms with van der Waals surface area (Å²) in [6, 6.07) is 9.53. The molecule has 0 amide bonds. The van der Waals surface area contributed by atoms with Crippen LogP contribution in [0, 0.1) is 0 Å². The molecule has 9 nitrogen and oxygen atoms in total. The van der Waals surface area contributed by atoms with Gasteiger partial charge in [-0.1, -0.05) is 36.4 Å². The number of aromatic amines is 1.